The lowest BCUT2D eigenvalue weighted by molar-refractivity contribution is -0.141. The lowest BCUT2D eigenvalue weighted by atomic mass is 10.1. The van der Waals surface area contributed by atoms with Gasteiger partial charge in [0.05, 0.1) is 39.6 Å². The van der Waals surface area contributed by atoms with E-state index in [-0.39, 0.29) is 23.8 Å². The molecule has 2 N–H and O–H groups in total. The Hall–Kier alpha value is -1.74. The van der Waals surface area contributed by atoms with Crippen LogP contribution in [-0.4, -0.2) is 77.8 Å². The third-order valence-corrected chi connectivity index (χ3v) is 4.37. The second-order valence-electron chi connectivity index (χ2n) is 7.77. The molecule has 0 aromatic carbocycles. The minimum absolute atomic E-state index is 0.226. The second-order valence-corrected chi connectivity index (χ2v) is 7.77. The predicted molar refractivity (Wildman–Crippen MR) is 122 cm³/mol. The molecule has 0 saturated heterocycles. The van der Waals surface area contributed by atoms with Gasteiger partial charge in [-0.25, -0.2) is 9.59 Å². The molecule has 180 valence electrons. The zero-order valence-corrected chi connectivity index (χ0v) is 19.8. The van der Waals surface area contributed by atoms with Crippen molar-refractivity contribution in [2.24, 2.45) is 11.8 Å². The van der Waals surface area contributed by atoms with E-state index < -0.39 is 0 Å². The van der Waals surface area contributed by atoms with Crippen LogP contribution in [0.3, 0.4) is 0 Å². The highest BCUT2D eigenvalue weighted by molar-refractivity contribution is 5.87. The normalized spacial score (nSPS) is 12.8. The van der Waals surface area contributed by atoms with E-state index in [0.29, 0.717) is 50.8 Å². The average Bonchev–Trinajstić information content (AvgIpc) is 2.74. The number of hydrogen-bond donors (Lipinski definition) is 2. The van der Waals surface area contributed by atoms with Gasteiger partial charge in [-0.1, -0.05) is 27.0 Å². The van der Waals surface area contributed by atoms with Crippen LogP contribution in [0.4, 0.5) is 0 Å². The van der Waals surface area contributed by atoms with E-state index in [1.807, 2.05) is 6.92 Å². The first-order chi connectivity index (χ1) is 14.8. The summed E-state index contributed by atoms with van der Waals surface area (Å²) in [6.45, 7) is 20.6. The number of esters is 2. The highest BCUT2D eigenvalue weighted by atomic mass is 16.5. The minimum Gasteiger partial charge on any atom is -0.462 e. The Bertz CT molecular complexity index is 538. The number of carbonyl (C=O) groups is 2. The van der Waals surface area contributed by atoms with Crippen molar-refractivity contribution in [2.45, 2.75) is 34.1 Å². The van der Waals surface area contributed by atoms with E-state index in [2.05, 4.69) is 30.7 Å². The Balaban J connectivity index is 3.46. The van der Waals surface area contributed by atoms with Gasteiger partial charge in [0.25, 0.3) is 0 Å². The van der Waals surface area contributed by atoms with Crippen molar-refractivity contribution in [3.8, 4) is 0 Å². The first kappa shape index (κ1) is 29.3. The molecule has 0 aliphatic heterocycles. The van der Waals surface area contributed by atoms with Crippen LogP contribution >= 0.6 is 0 Å². The fraction of sp³-hybridized carbons (Fsp3) is 0.739. The Morgan fingerprint density at radius 1 is 0.806 bits per heavy atom. The highest BCUT2D eigenvalue weighted by Gasteiger charge is 2.10. The van der Waals surface area contributed by atoms with Gasteiger partial charge in [0.15, 0.2) is 0 Å². The molecule has 0 aromatic heterocycles. The molecular formula is C23H42N2O6. The second kappa shape index (κ2) is 19.0. The summed E-state index contributed by atoms with van der Waals surface area (Å²) in [6, 6.07) is 0. The van der Waals surface area contributed by atoms with Gasteiger partial charge in [-0.3, -0.25) is 0 Å². The quantitative estimate of drug-likeness (QED) is 0.168. The van der Waals surface area contributed by atoms with Crippen LogP contribution in [-0.2, 0) is 28.5 Å². The van der Waals surface area contributed by atoms with Crippen molar-refractivity contribution in [1.82, 2.24) is 10.6 Å². The van der Waals surface area contributed by atoms with E-state index in [9.17, 15) is 9.59 Å². The van der Waals surface area contributed by atoms with Crippen molar-refractivity contribution >= 4 is 11.9 Å². The number of hydrogen-bond acceptors (Lipinski definition) is 8. The molecule has 0 aliphatic carbocycles. The molecule has 0 amide bonds. The summed E-state index contributed by atoms with van der Waals surface area (Å²) in [7, 11) is 0. The average molecular weight is 443 g/mol. The summed E-state index contributed by atoms with van der Waals surface area (Å²) in [4.78, 5) is 22.7. The number of rotatable bonds is 20. The number of carbonyl (C=O) groups excluding carboxylic acids is 2. The monoisotopic (exact) mass is 442 g/mol. The van der Waals surface area contributed by atoms with Gasteiger partial charge in [0, 0.05) is 49.2 Å². The molecule has 2 unspecified atom stereocenters. The first-order valence-electron chi connectivity index (χ1n) is 11.0. The molecule has 8 nitrogen and oxygen atoms in total. The Morgan fingerprint density at radius 3 is 1.77 bits per heavy atom. The molecule has 0 rings (SSSR count). The van der Waals surface area contributed by atoms with E-state index in [0.717, 1.165) is 32.6 Å². The molecule has 0 fully saturated rings. The van der Waals surface area contributed by atoms with Gasteiger partial charge in [0.1, 0.15) is 0 Å². The fourth-order valence-corrected chi connectivity index (χ4v) is 2.30. The maximum absolute atomic E-state index is 11.4. The van der Waals surface area contributed by atoms with Crippen LogP contribution in [0.2, 0.25) is 0 Å². The van der Waals surface area contributed by atoms with Gasteiger partial charge in [-0.2, -0.15) is 0 Å². The number of ether oxygens (including phenoxy) is 4. The molecule has 8 heteroatoms. The summed E-state index contributed by atoms with van der Waals surface area (Å²) in [5, 5.41) is 6.59. The molecule has 0 aromatic rings. The third-order valence-electron chi connectivity index (χ3n) is 4.37. The van der Waals surface area contributed by atoms with E-state index in [1.54, 1.807) is 13.8 Å². The fourth-order valence-electron chi connectivity index (χ4n) is 2.30. The summed E-state index contributed by atoms with van der Waals surface area (Å²) >= 11 is 0. The van der Waals surface area contributed by atoms with Crippen LogP contribution < -0.4 is 10.6 Å². The zero-order valence-electron chi connectivity index (χ0n) is 19.8. The van der Waals surface area contributed by atoms with E-state index in [1.165, 1.54) is 0 Å². The molecule has 0 spiro atoms. The summed E-state index contributed by atoms with van der Waals surface area (Å²) in [5.74, 6) is -0.181. The maximum Gasteiger partial charge on any atom is 0.333 e. The van der Waals surface area contributed by atoms with Crippen molar-refractivity contribution in [2.75, 3.05) is 65.8 Å². The molecule has 31 heavy (non-hydrogen) atoms. The Kier molecular flexibility index (Phi) is 17.9. The van der Waals surface area contributed by atoms with E-state index in [4.69, 9.17) is 18.9 Å². The Labute approximate surface area is 187 Å². The van der Waals surface area contributed by atoms with Gasteiger partial charge < -0.3 is 29.6 Å². The van der Waals surface area contributed by atoms with Crippen LogP contribution in [0.1, 0.15) is 34.1 Å². The standard InChI is InChI=1S/C23H42N2O6/c1-7-21(17-31-23(27)19(4)5)15-25-9-11-29-13-12-28-10-8-24-14-20(6)16-30-22(26)18(2)3/h20-21,24-25H,2,4,7-17H2,1,3,5-6H3. The molecular weight excluding hydrogens is 400 g/mol. The van der Waals surface area contributed by atoms with Crippen molar-refractivity contribution in [1.29, 1.82) is 0 Å². The van der Waals surface area contributed by atoms with Crippen molar-refractivity contribution < 1.29 is 28.5 Å². The highest BCUT2D eigenvalue weighted by Crippen LogP contribution is 2.04. The third kappa shape index (κ3) is 17.6. The van der Waals surface area contributed by atoms with Crippen LogP contribution in [0, 0.1) is 11.8 Å². The molecule has 2 atom stereocenters. The van der Waals surface area contributed by atoms with Crippen LogP contribution in [0.5, 0.6) is 0 Å². The van der Waals surface area contributed by atoms with Crippen LogP contribution in [0.25, 0.3) is 0 Å². The lowest BCUT2D eigenvalue weighted by Gasteiger charge is -2.16. The summed E-state index contributed by atoms with van der Waals surface area (Å²) in [5.41, 5.74) is 0.837. The molecule has 0 radical (unpaired) electrons. The van der Waals surface area contributed by atoms with Gasteiger partial charge in [0.2, 0.25) is 0 Å². The SMILES string of the molecule is C=C(C)C(=O)OCC(C)CNCCOCCOCCNCC(CC)COC(=O)C(=C)C. The minimum atomic E-state index is -0.348. The topological polar surface area (TPSA) is 95.1 Å². The smallest absolute Gasteiger partial charge is 0.333 e. The Morgan fingerprint density at radius 2 is 1.29 bits per heavy atom. The molecule has 0 bridgehead atoms. The maximum atomic E-state index is 11.4. The predicted octanol–water partition coefficient (Wildman–Crippen LogP) is 2.10. The molecule has 0 heterocycles. The number of nitrogens with one attached hydrogen (secondary N) is 2. The van der Waals surface area contributed by atoms with Gasteiger partial charge in [-0.05, 0) is 20.3 Å². The van der Waals surface area contributed by atoms with Crippen molar-refractivity contribution in [3.63, 3.8) is 0 Å². The molecule has 0 saturated carbocycles. The summed E-state index contributed by atoms with van der Waals surface area (Å²) < 4.78 is 21.4. The molecule has 0 aliphatic rings. The van der Waals surface area contributed by atoms with E-state index >= 15 is 0 Å². The van der Waals surface area contributed by atoms with Crippen LogP contribution in [0.15, 0.2) is 24.3 Å². The largest absolute Gasteiger partial charge is 0.462 e. The first-order valence-corrected chi connectivity index (χ1v) is 11.0. The van der Waals surface area contributed by atoms with Gasteiger partial charge >= 0.3 is 11.9 Å². The lowest BCUT2D eigenvalue weighted by Crippen LogP contribution is -2.29. The van der Waals surface area contributed by atoms with Gasteiger partial charge in [-0.15, -0.1) is 0 Å². The zero-order chi connectivity index (χ0) is 23.5. The van der Waals surface area contributed by atoms with Crippen molar-refractivity contribution in [3.05, 3.63) is 24.3 Å². The summed E-state index contributed by atoms with van der Waals surface area (Å²) in [6.07, 6.45) is 0.928.